The molecule has 2 heterocycles. The predicted octanol–water partition coefficient (Wildman–Crippen LogP) is 1.30. The molecule has 1 aliphatic heterocycles. The van der Waals surface area contributed by atoms with Crippen molar-refractivity contribution in [2.75, 3.05) is 24.4 Å². The standard InChI is InChI=1S/C8H13BrN4O2S/c1-6-7(9)5-10-8(11-6)13-4-3-12(2)16(13,14)15/h5,14-15H,3-4H2,1-2H3/p+1. The average molecular weight is 310 g/mol. The van der Waals surface area contributed by atoms with Gasteiger partial charge in [-0.15, -0.1) is 4.31 Å². The molecule has 3 N–H and O–H groups in total. The van der Waals surface area contributed by atoms with Gasteiger partial charge in [0.15, 0.2) is 0 Å². The highest BCUT2D eigenvalue weighted by Crippen LogP contribution is 2.50. The summed E-state index contributed by atoms with van der Waals surface area (Å²) in [6.07, 6.45) is 1.74. The number of anilines is 1. The van der Waals surface area contributed by atoms with Crippen molar-refractivity contribution in [1.82, 2.24) is 9.29 Å². The number of nitrogens with one attached hydrogen (secondary N) is 1. The fourth-order valence-corrected chi connectivity index (χ4v) is 2.99. The fourth-order valence-electron chi connectivity index (χ4n) is 1.47. The molecule has 0 spiro atoms. The minimum atomic E-state index is -2.89. The first-order valence-electron chi connectivity index (χ1n) is 4.75. The molecule has 1 fully saturated rings. The predicted molar refractivity (Wildman–Crippen MR) is 66.1 cm³/mol. The molecule has 1 aromatic heterocycles. The van der Waals surface area contributed by atoms with Gasteiger partial charge in [0.05, 0.1) is 17.2 Å². The molecule has 0 amide bonds. The molecular formula is C8H14BrN4O2S+. The van der Waals surface area contributed by atoms with Crippen molar-refractivity contribution in [2.45, 2.75) is 6.92 Å². The number of hydrogen-bond donors (Lipinski definition) is 2. The summed E-state index contributed by atoms with van der Waals surface area (Å²) in [6, 6.07) is 0. The van der Waals surface area contributed by atoms with Crippen molar-refractivity contribution in [3.63, 3.8) is 0 Å². The Labute approximate surface area is 104 Å². The first kappa shape index (κ1) is 12.1. The third-order valence-corrected chi connectivity index (χ3v) is 5.28. The summed E-state index contributed by atoms with van der Waals surface area (Å²) in [6.45, 7) is 3.00. The van der Waals surface area contributed by atoms with Crippen LogP contribution in [0.5, 0.6) is 0 Å². The minimum absolute atomic E-state index is 0.477. The van der Waals surface area contributed by atoms with Crippen LogP contribution in [-0.4, -0.2) is 38.5 Å². The highest BCUT2D eigenvalue weighted by atomic mass is 79.9. The molecule has 2 rings (SSSR count). The highest BCUT2D eigenvalue weighted by Gasteiger charge is 2.41. The summed E-state index contributed by atoms with van der Waals surface area (Å²) >= 11 is 3.34. The van der Waals surface area contributed by atoms with Crippen molar-refractivity contribution < 1.29 is 14.1 Å². The van der Waals surface area contributed by atoms with Crippen LogP contribution >= 0.6 is 26.9 Å². The van der Waals surface area contributed by atoms with Crippen LogP contribution in [0.1, 0.15) is 5.69 Å². The molecule has 1 saturated heterocycles. The molecule has 0 radical (unpaired) electrons. The molecule has 0 aromatic carbocycles. The molecule has 90 valence electrons. The van der Waals surface area contributed by atoms with Gasteiger partial charge in [0.2, 0.25) is 0 Å². The van der Waals surface area contributed by atoms with Crippen molar-refractivity contribution in [1.29, 1.82) is 0 Å². The van der Waals surface area contributed by atoms with Crippen LogP contribution < -0.4 is 9.29 Å². The van der Waals surface area contributed by atoms with Crippen LogP contribution in [-0.2, 0) is 0 Å². The maximum absolute atomic E-state index is 9.96. The highest BCUT2D eigenvalue weighted by molar-refractivity contribution is 9.10. The van der Waals surface area contributed by atoms with Gasteiger partial charge in [-0.05, 0) is 33.8 Å². The van der Waals surface area contributed by atoms with E-state index in [2.05, 4.69) is 25.9 Å². The Balaban J connectivity index is 2.35. The van der Waals surface area contributed by atoms with Crippen LogP contribution in [0.25, 0.3) is 0 Å². The van der Waals surface area contributed by atoms with Crippen LogP contribution in [0.4, 0.5) is 5.95 Å². The lowest BCUT2D eigenvalue weighted by atomic mass is 10.4. The number of H-pyrrole nitrogens is 1. The topological polar surface area (TPSA) is 74.0 Å². The molecule has 0 atom stereocenters. The Morgan fingerprint density at radius 3 is 2.69 bits per heavy atom. The summed E-state index contributed by atoms with van der Waals surface area (Å²) in [4.78, 5) is 7.22. The molecule has 6 nitrogen and oxygen atoms in total. The van der Waals surface area contributed by atoms with Gasteiger partial charge >= 0.3 is 5.95 Å². The Bertz CT molecular complexity index is 417. The van der Waals surface area contributed by atoms with Crippen LogP contribution in [0.15, 0.2) is 10.7 Å². The lowest BCUT2D eigenvalue weighted by Gasteiger charge is -2.35. The maximum atomic E-state index is 9.96. The number of rotatable bonds is 1. The summed E-state index contributed by atoms with van der Waals surface area (Å²) in [7, 11) is -1.21. The van der Waals surface area contributed by atoms with E-state index in [1.807, 2.05) is 6.92 Å². The lowest BCUT2D eigenvalue weighted by molar-refractivity contribution is -0.368. The summed E-state index contributed by atoms with van der Waals surface area (Å²) in [5.41, 5.74) is 0.804. The Kier molecular flexibility index (Phi) is 3.10. The monoisotopic (exact) mass is 309 g/mol. The van der Waals surface area contributed by atoms with Crippen LogP contribution in [0.3, 0.4) is 0 Å². The number of aryl methyl sites for hydroxylation is 1. The van der Waals surface area contributed by atoms with E-state index in [4.69, 9.17) is 0 Å². The van der Waals surface area contributed by atoms with Gasteiger partial charge < -0.3 is 0 Å². The molecule has 8 heteroatoms. The first-order valence-corrected chi connectivity index (χ1v) is 7.00. The number of nitrogens with zero attached hydrogens (tertiary/aromatic N) is 3. The van der Waals surface area contributed by atoms with Crippen LogP contribution in [0.2, 0.25) is 0 Å². The van der Waals surface area contributed by atoms with Gasteiger partial charge in [-0.2, -0.15) is 4.31 Å². The smallest absolute Gasteiger partial charge is 0.258 e. The zero-order chi connectivity index (χ0) is 11.9. The van der Waals surface area contributed by atoms with Crippen molar-refractivity contribution in [2.24, 2.45) is 0 Å². The SMILES string of the molecule is Cc1nc(N2CCN(C)S2(O)O)[nH+]cc1Br. The normalized spacial score (nSPS) is 22.4. The Morgan fingerprint density at radius 1 is 1.50 bits per heavy atom. The van der Waals surface area contributed by atoms with Crippen molar-refractivity contribution in [3.05, 3.63) is 16.4 Å². The number of halogens is 1. The Hall–Kier alpha value is -0.410. The molecule has 0 saturated carbocycles. The van der Waals surface area contributed by atoms with Gasteiger partial charge in [-0.1, -0.05) is 4.98 Å². The molecular weight excluding hydrogens is 296 g/mol. The summed E-state index contributed by atoms with van der Waals surface area (Å²) < 4.78 is 23.8. The average Bonchev–Trinajstić information content (AvgIpc) is 2.47. The first-order chi connectivity index (χ1) is 7.43. The summed E-state index contributed by atoms with van der Waals surface area (Å²) in [5.74, 6) is 0.477. The molecule has 0 aliphatic carbocycles. The number of likely N-dealkylation sites (N-methyl/N-ethyl adjacent to an activating group) is 1. The lowest BCUT2D eigenvalue weighted by Crippen LogP contribution is -2.32. The van der Waals surface area contributed by atoms with Gasteiger partial charge in [0.25, 0.3) is 0 Å². The second kappa shape index (κ2) is 4.11. The van der Waals surface area contributed by atoms with Crippen molar-refractivity contribution in [3.8, 4) is 0 Å². The van der Waals surface area contributed by atoms with E-state index in [9.17, 15) is 9.11 Å². The van der Waals surface area contributed by atoms with Gasteiger partial charge in [-0.25, -0.2) is 4.98 Å². The fraction of sp³-hybridized carbons (Fsp3) is 0.500. The maximum Gasteiger partial charge on any atom is 0.414 e. The second-order valence-electron chi connectivity index (χ2n) is 3.60. The minimum Gasteiger partial charge on any atom is -0.258 e. The summed E-state index contributed by atoms with van der Waals surface area (Å²) in [5, 5.41) is 0. The van der Waals surface area contributed by atoms with Gasteiger partial charge in [0, 0.05) is 7.05 Å². The van der Waals surface area contributed by atoms with Gasteiger partial charge in [-0.3, -0.25) is 9.11 Å². The van der Waals surface area contributed by atoms with E-state index in [0.717, 1.165) is 10.2 Å². The number of hydrogen-bond acceptors (Lipinski definition) is 5. The van der Waals surface area contributed by atoms with Gasteiger partial charge in [0.1, 0.15) is 12.2 Å². The third-order valence-electron chi connectivity index (χ3n) is 2.52. The van der Waals surface area contributed by atoms with E-state index >= 15 is 0 Å². The van der Waals surface area contributed by atoms with Crippen LogP contribution in [0, 0.1) is 6.92 Å². The molecule has 16 heavy (non-hydrogen) atoms. The number of aromatic amines is 1. The molecule has 0 unspecified atom stereocenters. The third kappa shape index (κ3) is 1.91. The quantitative estimate of drug-likeness (QED) is 0.818. The second-order valence-corrected chi connectivity index (χ2v) is 6.50. The molecule has 0 bridgehead atoms. The number of aromatic nitrogens is 2. The van der Waals surface area contributed by atoms with E-state index < -0.39 is 11.0 Å². The van der Waals surface area contributed by atoms with E-state index in [-0.39, 0.29) is 0 Å². The Morgan fingerprint density at radius 2 is 2.19 bits per heavy atom. The van der Waals surface area contributed by atoms with E-state index in [0.29, 0.717) is 19.0 Å². The largest absolute Gasteiger partial charge is 0.414 e. The molecule has 1 aliphatic rings. The van der Waals surface area contributed by atoms with Crippen molar-refractivity contribution >= 4 is 32.8 Å². The van der Waals surface area contributed by atoms with E-state index in [1.165, 1.54) is 8.61 Å². The van der Waals surface area contributed by atoms with E-state index in [1.54, 1.807) is 13.2 Å². The zero-order valence-electron chi connectivity index (χ0n) is 9.01. The zero-order valence-corrected chi connectivity index (χ0v) is 11.4. The molecule has 1 aromatic rings.